The van der Waals surface area contributed by atoms with Gasteiger partial charge in [0.05, 0.1) is 12.5 Å². The maximum absolute atomic E-state index is 12.1. The van der Waals surface area contributed by atoms with Crippen LogP contribution in [0.4, 0.5) is 0 Å². The minimum absolute atomic E-state index is 0.00316. The third-order valence-corrected chi connectivity index (χ3v) is 3.77. The molecular weight excluding hydrogens is 282 g/mol. The van der Waals surface area contributed by atoms with Gasteiger partial charge in [0.2, 0.25) is 5.91 Å². The van der Waals surface area contributed by atoms with Gasteiger partial charge in [0.15, 0.2) is 0 Å². The smallest absolute Gasteiger partial charge is 0.224 e. The summed E-state index contributed by atoms with van der Waals surface area (Å²) in [6.45, 7) is 6.13. The molecule has 0 aliphatic rings. The van der Waals surface area contributed by atoms with Crippen LogP contribution in [0.1, 0.15) is 35.2 Å². The van der Waals surface area contributed by atoms with E-state index >= 15 is 0 Å². The number of rotatable bonds is 4. The second kappa shape index (κ2) is 6.77. The van der Waals surface area contributed by atoms with Crippen molar-refractivity contribution in [1.82, 2.24) is 5.32 Å². The van der Waals surface area contributed by atoms with Gasteiger partial charge in [-0.3, -0.25) is 4.79 Å². The van der Waals surface area contributed by atoms with Crippen LogP contribution >= 0.6 is 11.6 Å². The SMILES string of the molecule is Cc1ccc(C)c(C(C)NC(=O)Cc2cccc(Cl)c2)c1. The standard InChI is InChI=1S/C18H20ClNO/c1-12-7-8-13(2)17(9-12)14(3)20-18(21)11-15-5-4-6-16(19)10-15/h4-10,14H,11H2,1-3H3,(H,20,21). The minimum Gasteiger partial charge on any atom is -0.349 e. The lowest BCUT2D eigenvalue weighted by Crippen LogP contribution is -2.28. The number of hydrogen-bond donors (Lipinski definition) is 1. The van der Waals surface area contributed by atoms with Gasteiger partial charge < -0.3 is 5.32 Å². The summed E-state index contributed by atoms with van der Waals surface area (Å²) in [5.41, 5.74) is 4.48. The highest BCUT2D eigenvalue weighted by atomic mass is 35.5. The average molecular weight is 302 g/mol. The van der Waals surface area contributed by atoms with Crippen LogP contribution in [0.5, 0.6) is 0 Å². The largest absolute Gasteiger partial charge is 0.349 e. The Kier molecular flexibility index (Phi) is 5.03. The molecule has 0 heterocycles. The van der Waals surface area contributed by atoms with Crippen molar-refractivity contribution in [3.8, 4) is 0 Å². The molecule has 1 amide bonds. The van der Waals surface area contributed by atoms with Gasteiger partial charge >= 0.3 is 0 Å². The average Bonchev–Trinajstić information content (AvgIpc) is 2.41. The zero-order valence-corrected chi connectivity index (χ0v) is 13.4. The van der Waals surface area contributed by atoms with Gasteiger partial charge in [-0.15, -0.1) is 0 Å². The highest BCUT2D eigenvalue weighted by Gasteiger charge is 2.12. The first-order chi connectivity index (χ1) is 9.95. The van der Waals surface area contributed by atoms with Crippen molar-refractivity contribution < 1.29 is 4.79 Å². The zero-order chi connectivity index (χ0) is 15.4. The second-order valence-electron chi connectivity index (χ2n) is 5.46. The van der Waals surface area contributed by atoms with E-state index in [2.05, 4.69) is 37.4 Å². The molecular formula is C18H20ClNO. The molecule has 1 N–H and O–H groups in total. The minimum atomic E-state index is -0.00316. The molecule has 0 saturated carbocycles. The fraction of sp³-hybridized carbons (Fsp3) is 0.278. The number of carbonyl (C=O) groups is 1. The molecule has 0 saturated heterocycles. The number of carbonyl (C=O) groups excluding carboxylic acids is 1. The van der Waals surface area contributed by atoms with Gasteiger partial charge in [0, 0.05) is 5.02 Å². The van der Waals surface area contributed by atoms with Crippen molar-refractivity contribution in [3.05, 3.63) is 69.7 Å². The third kappa shape index (κ3) is 4.33. The molecule has 2 nitrogen and oxygen atoms in total. The maximum Gasteiger partial charge on any atom is 0.224 e. The fourth-order valence-electron chi connectivity index (χ4n) is 2.43. The number of halogens is 1. The molecule has 0 spiro atoms. The van der Waals surface area contributed by atoms with Crippen LogP contribution in [-0.2, 0) is 11.2 Å². The number of amides is 1. The fourth-order valence-corrected chi connectivity index (χ4v) is 2.64. The van der Waals surface area contributed by atoms with Gasteiger partial charge in [-0.2, -0.15) is 0 Å². The molecule has 3 heteroatoms. The van der Waals surface area contributed by atoms with Gasteiger partial charge in [-0.05, 0) is 49.6 Å². The van der Waals surface area contributed by atoms with E-state index in [0.717, 1.165) is 11.1 Å². The summed E-state index contributed by atoms with van der Waals surface area (Å²) < 4.78 is 0. The second-order valence-corrected chi connectivity index (χ2v) is 5.89. The summed E-state index contributed by atoms with van der Waals surface area (Å²) in [5, 5.41) is 3.71. The topological polar surface area (TPSA) is 29.1 Å². The number of aryl methyl sites for hydroxylation is 2. The van der Waals surface area contributed by atoms with Crippen LogP contribution in [0.3, 0.4) is 0 Å². The van der Waals surface area contributed by atoms with Crippen molar-refractivity contribution in [2.75, 3.05) is 0 Å². The maximum atomic E-state index is 12.1. The Bertz CT molecular complexity index is 651. The van der Waals surface area contributed by atoms with E-state index in [9.17, 15) is 4.79 Å². The van der Waals surface area contributed by atoms with Crippen molar-refractivity contribution in [2.24, 2.45) is 0 Å². The normalized spacial score (nSPS) is 12.0. The lowest BCUT2D eigenvalue weighted by atomic mass is 10.00. The molecule has 1 atom stereocenters. The van der Waals surface area contributed by atoms with E-state index in [1.807, 2.05) is 31.2 Å². The molecule has 0 aliphatic heterocycles. The Labute approximate surface area is 131 Å². The van der Waals surface area contributed by atoms with Gasteiger partial charge in [-0.1, -0.05) is 47.5 Å². The summed E-state index contributed by atoms with van der Waals surface area (Å²) in [4.78, 5) is 12.1. The summed E-state index contributed by atoms with van der Waals surface area (Å²) in [6, 6.07) is 13.7. The number of hydrogen-bond acceptors (Lipinski definition) is 1. The quantitative estimate of drug-likeness (QED) is 0.892. The first-order valence-electron chi connectivity index (χ1n) is 7.06. The molecule has 0 bridgehead atoms. The highest BCUT2D eigenvalue weighted by Crippen LogP contribution is 2.19. The van der Waals surface area contributed by atoms with Crippen molar-refractivity contribution in [2.45, 2.75) is 33.2 Å². The van der Waals surface area contributed by atoms with Crippen LogP contribution < -0.4 is 5.32 Å². The number of benzene rings is 2. The Hall–Kier alpha value is -1.80. The molecule has 2 aromatic rings. The molecule has 0 aromatic heterocycles. The lowest BCUT2D eigenvalue weighted by Gasteiger charge is -2.17. The molecule has 0 fully saturated rings. The molecule has 2 rings (SSSR count). The van der Waals surface area contributed by atoms with E-state index in [-0.39, 0.29) is 11.9 Å². The van der Waals surface area contributed by atoms with Crippen LogP contribution in [0.15, 0.2) is 42.5 Å². The first kappa shape index (κ1) is 15.6. The third-order valence-electron chi connectivity index (χ3n) is 3.53. The predicted molar refractivity (Wildman–Crippen MR) is 87.6 cm³/mol. The van der Waals surface area contributed by atoms with Gasteiger partial charge in [0.1, 0.15) is 0 Å². The Morgan fingerprint density at radius 2 is 1.95 bits per heavy atom. The number of nitrogens with one attached hydrogen (secondary N) is 1. The van der Waals surface area contributed by atoms with Crippen LogP contribution in [-0.4, -0.2) is 5.91 Å². The van der Waals surface area contributed by atoms with E-state index in [1.54, 1.807) is 0 Å². The zero-order valence-electron chi connectivity index (χ0n) is 12.6. The molecule has 1 unspecified atom stereocenters. The molecule has 0 aliphatic carbocycles. The van der Waals surface area contributed by atoms with Gasteiger partial charge in [0.25, 0.3) is 0 Å². The van der Waals surface area contributed by atoms with E-state index in [0.29, 0.717) is 11.4 Å². The van der Waals surface area contributed by atoms with Crippen LogP contribution in [0.25, 0.3) is 0 Å². The Morgan fingerprint density at radius 3 is 2.67 bits per heavy atom. The van der Waals surface area contributed by atoms with E-state index < -0.39 is 0 Å². The summed E-state index contributed by atoms with van der Waals surface area (Å²) in [5.74, 6) is 0.00525. The van der Waals surface area contributed by atoms with Gasteiger partial charge in [-0.25, -0.2) is 0 Å². The summed E-state index contributed by atoms with van der Waals surface area (Å²) >= 11 is 5.94. The molecule has 21 heavy (non-hydrogen) atoms. The van der Waals surface area contributed by atoms with Crippen LogP contribution in [0.2, 0.25) is 5.02 Å². The van der Waals surface area contributed by atoms with Crippen LogP contribution in [0, 0.1) is 13.8 Å². The Morgan fingerprint density at radius 1 is 1.19 bits per heavy atom. The predicted octanol–water partition coefficient (Wildman–Crippen LogP) is 4.38. The summed E-state index contributed by atoms with van der Waals surface area (Å²) in [7, 11) is 0. The van der Waals surface area contributed by atoms with E-state index in [4.69, 9.17) is 11.6 Å². The van der Waals surface area contributed by atoms with Crippen molar-refractivity contribution in [3.63, 3.8) is 0 Å². The molecule has 0 radical (unpaired) electrons. The first-order valence-corrected chi connectivity index (χ1v) is 7.44. The highest BCUT2D eigenvalue weighted by molar-refractivity contribution is 6.30. The molecule has 110 valence electrons. The lowest BCUT2D eigenvalue weighted by molar-refractivity contribution is -0.121. The van der Waals surface area contributed by atoms with Crippen molar-refractivity contribution >= 4 is 17.5 Å². The van der Waals surface area contributed by atoms with E-state index in [1.165, 1.54) is 11.1 Å². The monoisotopic (exact) mass is 301 g/mol. The molecule has 2 aromatic carbocycles. The summed E-state index contributed by atoms with van der Waals surface area (Å²) in [6.07, 6.45) is 0.343. The van der Waals surface area contributed by atoms with Crippen molar-refractivity contribution in [1.29, 1.82) is 0 Å². The Balaban J connectivity index is 2.03.